The summed E-state index contributed by atoms with van der Waals surface area (Å²) in [5.74, 6) is -1.37. The Kier molecular flexibility index (Phi) is 5.32. The van der Waals surface area contributed by atoms with Gasteiger partial charge >= 0.3 is 6.18 Å². The van der Waals surface area contributed by atoms with Crippen molar-refractivity contribution >= 4 is 28.9 Å². The Morgan fingerprint density at radius 1 is 1.17 bits per heavy atom. The molecule has 0 saturated heterocycles. The molecule has 2 rings (SSSR count). The molecule has 8 heteroatoms. The number of rotatable bonds is 4. The fourth-order valence-corrected chi connectivity index (χ4v) is 3.08. The molecule has 2 atom stereocenters. The van der Waals surface area contributed by atoms with Crippen molar-refractivity contribution in [2.75, 3.05) is 12.4 Å². The van der Waals surface area contributed by atoms with Gasteiger partial charge in [-0.05, 0) is 35.4 Å². The molecule has 2 unspecified atom stereocenters. The Labute approximate surface area is 147 Å². The van der Waals surface area contributed by atoms with Crippen molar-refractivity contribution in [2.45, 2.75) is 24.6 Å². The monoisotopic (exact) mass is 378 g/mol. The molecule has 24 heavy (non-hydrogen) atoms. The third-order valence-electron chi connectivity index (χ3n) is 3.98. The van der Waals surface area contributed by atoms with Gasteiger partial charge < -0.3 is 10.4 Å². The van der Waals surface area contributed by atoms with Crippen LogP contribution >= 0.6 is 23.2 Å². The second kappa shape index (κ2) is 6.78. The van der Waals surface area contributed by atoms with E-state index in [1.807, 2.05) is 0 Å². The summed E-state index contributed by atoms with van der Waals surface area (Å²) in [7, 11) is 1.67. The number of nitrogens with one attached hydrogen (secondary N) is 1. The smallest absolute Gasteiger partial charge is 0.388 e. The van der Waals surface area contributed by atoms with E-state index >= 15 is 0 Å². The van der Waals surface area contributed by atoms with E-state index in [1.54, 1.807) is 13.1 Å². The second-order valence-corrected chi connectivity index (χ2v) is 6.13. The van der Waals surface area contributed by atoms with Gasteiger partial charge in [0.05, 0.1) is 0 Å². The van der Waals surface area contributed by atoms with Gasteiger partial charge in [0.15, 0.2) is 5.60 Å². The Bertz CT molecular complexity index is 740. The van der Waals surface area contributed by atoms with Crippen LogP contribution in [0, 0.1) is 0 Å². The quantitative estimate of drug-likeness (QED) is 0.737. The summed E-state index contributed by atoms with van der Waals surface area (Å²) in [6.45, 7) is 1.27. The van der Waals surface area contributed by atoms with Crippen molar-refractivity contribution in [2.24, 2.45) is 0 Å². The summed E-state index contributed by atoms with van der Waals surface area (Å²) in [6.07, 6.45) is -3.82. The van der Waals surface area contributed by atoms with Gasteiger partial charge in [0.2, 0.25) is 0 Å². The third kappa shape index (κ3) is 3.31. The number of alkyl halides is 3. The molecule has 0 radical (unpaired) electrons. The van der Waals surface area contributed by atoms with Crippen molar-refractivity contribution in [3.05, 3.63) is 57.8 Å². The number of pyridine rings is 1. The topological polar surface area (TPSA) is 45.1 Å². The minimum Gasteiger partial charge on any atom is -0.388 e. The van der Waals surface area contributed by atoms with Crippen LogP contribution in [0.1, 0.15) is 24.0 Å². The van der Waals surface area contributed by atoms with E-state index in [4.69, 9.17) is 23.2 Å². The number of benzene rings is 1. The molecule has 1 aromatic carbocycles. The van der Waals surface area contributed by atoms with Crippen LogP contribution in [0.15, 0.2) is 36.5 Å². The molecule has 0 aliphatic rings. The SMILES string of the molecule is CNc1ccc(C(C)C(O)(c2ccnc(Cl)c2)C(F)(F)F)c(Cl)c1. The first-order valence-electron chi connectivity index (χ1n) is 6.99. The molecule has 0 saturated carbocycles. The van der Waals surface area contributed by atoms with Crippen LogP contribution in [0.2, 0.25) is 10.2 Å². The van der Waals surface area contributed by atoms with Crippen LogP contribution in [-0.4, -0.2) is 23.3 Å². The molecule has 1 heterocycles. The van der Waals surface area contributed by atoms with Crippen LogP contribution in [0.5, 0.6) is 0 Å². The lowest BCUT2D eigenvalue weighted by Crippen LogP contribution is -2.46. The number of anilines is 1. The molecule has 0 amide bonds. The van der Waals surface area contributed by atoms with E-state index in [0.29, 0.717) is 5.69 Å². The maximum atomic E-state index is 13.8. The number of hydrogen-bond acceptors (Lipinski definition) is 3. The van der Waals surface area contributed by atoms with Crippen LogP contribution in [0.25, 0.3) is 0 Å². The highest BCUT2D eigenvalue weighted by molar-refractivity contribution is 6.31. The van der Waals surface area contributed by atoms with Gasteiger partial charge in [0.1, 0.15) is 5.15 Å². The van der Waals surface area contributed by atoms with Crippen LogP contribution in [0.3, 0.4) is 0 Å². The highest BCUT2D eigenvalue weighted by Crippen LogP contribution is 2.50. The molecule has 0 fully saturated rings. The van der Waals surface area contributed by atoms with Crippen LogP contribution in [-0.2, 0) is 5.60 Å². The average molecular weight is 379 g/mol. The summed E-state index contributed by atoms with van der Waals surface area (Å²) < 4.78 is 41.3. The molecule has 0 aliphatic carbocycles. The summed E-state index contributed by atoms with van der Waals surface area (Å²) in [6, 6.07) is 6.64. The number of aliphatic hydroxyl groups is 1. The van der Waals surface area contributed by atoms with Crippen LogP contribution < -0.4 is 5.32 Å². The first-order valence-corrected chi connectivity index (χ1v) is 7.75. The van der Waals surface area contributed by atoms with Gasteiger partial charge in [-0.25, -0.2) is 4.98 Å². The van der Waals surface area contributed by atoms with Gasteiger partial charge in [-0.15, -0.1) is 0 Å². The van der Waals surface area contributed by atoms with Crippen molar-refractivity contribution in [3.63, 3.8) is 0 Å². The number of aromatic nitrogens is 1. The van der Waals surface area contributed by atoms with Gasteiger partial charge in [-0.2, -0.15) is 13.2 Å². The Morgan fingerprint density at radius 2 is 1.83 bits per heavy atom. The molecular weight excluding hydrogens is 364 g/mol. The predicted molar refractivity (Wildman–Crippen MR) is 88.6 cm³/mol. The molecule has 1 aromatic heterocycles. The number of hydrogen-bond donors (Lipinski definition) is 2. The average Bonchev–Trinajstić information content (AvgIpc) is 2.52. The normalized spacial score (nSPS) is 15.7. The Morgan fingerprint density at radius 3 is 2.33 bits per heavy atom. The maximum Gasteiger partial charge on any atom is 0.422 e. The molecule has 2 aromatic rings. The summed E-state index contributed by atoms with van der Waals surface area (Å²) >= 11 is 11.8. The fourth-order valence-electron chi connectivity index (χ4n) is 2.56. The predicted octanol–water partition coefficient (Wildman–Crippen LogP) is 4.98. The summed E-state index contributed by atoms with van der Waals surface area (Å²) in [5, 5.41) is 13.5. The minimum atomic E-state index is -4.94. The second-order valence-electron chi connectivity index (χ2n) is 5.34. The van der Waals surface area contributed by atoms with Gasteiger partial charge in [0.25, 0.3) is 0 Å². The highest BCUT2D eigenvalue weighted by atomic mass is 35.5. The number of nitrogens with zero attached hydrogens (tertiary/aromatic N) is 1. The fraction of sp³-hybridized carbons (Fsp3) is 0.312. The third-order valence-corrected chi connectivity index (χ3v) is 4.52. The molecule has 0 bridgehead atoms. The van der Waals surface area contributed by atoms with Gasteiger partial charge in [-0.3, -0.25) is 0 Å². The zero-order valence-electron chi connectivity index (χ0n) is 12.8. The molecule has 2 N–H and O–H groups in total. The van der Waals surface area contributed by atoms with E-state index in [2.05, 4.69) is 10.3 Å². The molecule has 0 spiro atoms. The van der Waals surface area contributed by atoms with E-state index in [-0.39, 0.29) is 15.7 Å². The van der Waals surface area contributed by atoms with E-state index in [1.165, 1.54) is 19.1 Å². The summed E-state index contributed by atoms with van der Waals surface area (Å²) in [5.41, 5.74) is -2.73. The standard InChI is InChI=1S/C16H15Cl2F3N2O/c1-9(12-4-3-11(22-2)8-13(12)17)15(24,16(19,20)21)10-5-6-23-14(18)7-10/h3-9,22,24H,1-2H3. The maximum absolute atomic E-state index is 13.8. The first kappa shape index (κ1) is 18.8. The Balaban J connectivity index is 2.60. The number of halogens is 5. The summed E-state index contributed by atoms with van der Waals surface area (Å²) in [4.78, 5) is 3.66. The lowest BCUT2D eigenvalue weighted by molar-refractivity contribution is -0.274. The molecule has 3 nitrogen and oxygen atoms in total. The van der Waals surface area contributed by atoms with Crippen molar-refractivity contribution < 1.29 is 18.3 Å². The molecule has 0 aliphatic heterocycles. The Hall–Kier alpha value is -1.50. The van der Waals surface area contributed by atoms with Gasteiger partial charge in [0, 0.05) is 29.9 Å². The van der Waals surface area contributed by atoms with E-state index < -0.39 is 23.3 Å². The zero-order chi connectivity index (χ0) is 18.1. The van der Waals surface area contributed by atoms with Crippen LogP contribution in [0.4, 0.5) is 18.9 Å². The minimum absolute atomic E-state index is 0.122. The molecular formula is C16H15Cl2F3N2O. The van der Waals surface area contributed by atoms with Crippen molar-refractivity contribution in [3.8, 4) is 0 Å². The highest BCUT2D eigenvalue weighted by Gasteiger charge is 2.59. The van der Waals surface area contributed by atoms with E-state index in [0.717, 1.165) is 18.3 Å². The zero-order valence-corrected chi connectivity index (χ0v) is 14.3. The lowest BCUT2D eigenvalue weighted by Gasteiger charge is -2.37. The lowest BCUT2D eigenvalue weighted by atomic mass is 9.78. The van der Waals surface area contributed by atoms with Crippen molar-refractivity contribution in [1.29, 1.82) is 0 Å². The molecule has 130 valence electrons. The largest absolute Gasteiger partial charge is 0.422 e. The van der Waals surface area contributed by atoms with E-state index in [9.17, 15) is 18.3 Å². The first-order chi connectivity index (χ1) is 11.1. The van der Waals surface area contributed by atoms with Crippen molar-refractivity contribution in [1.82, 2.24) is 4.98 Å². The van der Waals surface area contributed by atoms with Gasteiger partial charge in [-0.1, -0.05) is 36.2 Å².